The number of pyridine rings is 1. The Morgan fingerprint density at radius 2 is 1.44 bits per heavy atom. The van der Waals surface area contributed by atoms with Gasteiger partial charge in [0, 0.05) is 70.1 Å². The number of furan rings is 1. The summed E-state index contributed by atoms with van der Waals surface area (Å²) in [5.74, 6) is 0.807. The van der Waals surface area contributed by atoms with Crippen molar-refractivity contribution in [1.82, 2.24) is 19.1 Å². The first-order valence-corrected chi connectivity index (χ1v) is 15.7. The molecule has 0 N–H and O–H groups in total. The van der Waals surface area contributed by atoms with Gasteiger partial charge in [-0.05, 0) is 71.7 Å². The maximum atomic E-state index is 7.28. The predicted molar refractivity (Wildman–Crippen MR) is 198 cm³/mol. The summed E-state index contributed by atoms with van der Waals surface area (Å²) in [7, 11) is 0. The number of aryl methyl sites for hydroxylation is 2. The van der Waals surface area contributed by atoms with Crippen molar-refractivity contribution in [3.05, 3.63) is 182 Å². The van der Waals surface area contributed by atoms with Crippen LogP contribution in [-0.4, -0.2) is 19.1 Å². The normalized spacial score (nSPS) is 13.1. The summed E-state index contributed by atoms with van der Waals surface area (Å²) in [4.78, 5) is 9.09. The first-order chi connectivity index (χ1) is 26.5. The van der Waals surface area contributed by atoms with Crippen LogP contribution < -0.4 is 0 Å². The molecule has 1 radical (unpaired) electrons. The zero-order valence-electron chi connectivity index (χ0n) is 32.5. The summed E-state index contributed by atoms with van der Waals surface area (Å²) in [6, 6.07) is 47.9. The van der Waals surface area contributed by atoms with Crippen molar-refractivity contribution >= 4 is 22.0 Å². The van der Waals surface area contributed by atoms with E-state index in [4.69, 9.17) is 17.6 Å². The number of para-hydroxylation sites is 2. The molecule has 4 heterocycles. The second-order valence-electron chi connectivity index (χ2n) is 11.4. The molecule has 4 aromatic heterocycles. The van der Waals surface area contributed by atoms with Crippen LogP contribution in [-0.2, 0) is 20.1 Å². The molecule has 0 unspecified atom stereocenters. The fourth-order valence-corrected chi connectivity index (χ4v) is 5.82. The molecular formula is C44H32IrN4O-2. The minimum atomic E-state index is -2.18. The van der Waals surface area contributed by atoms with E-state index >= 15 is 0 Å². The molecule has 50 heavy (non-hydrogen) atoms. The van der Waals surface area contributed by atoms with Crippen LogP contribution in [0.5, 0.6) is 0 Å². The molecule has 5 aromatic carbocycles. The maximum Gasteiger partial charge on any atom is 0.0774 e. The van der Waals surface area contributed by atoms with E-state index in [1.54, 1.807) is 12.1 Å². The molecule has 0 aliphatic rings. The summed E-state index contributed by atoms with van der Waals surface area (Å²) < 4.78 is 53.8. The van der Waals surface area contributed by atoms with Gasteiger partial charge in [-0.3, -0.25) is 4.98 Å². The van der Waals surface area contributed by atoms with E-state index < -0.39 is 13.7 Å². The van der Waals surface area contributed by atoms with Gasteiger partial charge < -0.3 is 18.5 Å². The van der Waals surface area contributed by atoms with Crippen LogP contribution in [0.4, 0.5) is 0 Å². The van der Waals surface area contributed by atoms with Crippen molar-refractivity contribution in [2.75, 3.05) is 0 Å². The van der Waals surface area contributed by atoms with E-state index in [1.807, 2.05) is 54.9 Å². The fraction of sp³-hybridized carbons (Fsp3) is 0.0455. The first kappa shape index (κ1) is 26.1. The van der Waals surface area contributed by atoms with Gasteiger partial charge >= 0.3 is 0 Å². The zero-order chi connectivity index (χ0) is 38.2. The molecule has 0 amide bonds. The molecule has 0 spiro atoms. The average molecular weight is 831 g/mol. The van der Waals surface area contributed by atoms with Crippen LogP contribution in [0.3, 0.4) is 0 Å². The van der Waals surface area contributed by atoms with Crippen LogP contribution in [0.15, 0.2) is 163 Å². The summed E-state index contributed by atoms with van der Waals surface area (Å²) >= 11 is 0. The number of rotatable bonds is 5. The van der Waals surface area contributed by atoms with Gasteiger partial charge in [0.05, 0.1) is 16.9 Å². The third-order valence-electron chi connectivity index (χ3n) is 8.27. The quantitative estimate of drug-likeness (QED) is 0.162. The van der Waals surface area contributed by atoms with Gasteiger partial charge in [0.2, 0.25) is 0 Å². The second-order valence-corrected chi connectivity index (χ2v) is 11.4. The smallest absolute Gasteiger partial charge is 0.0774 e. The minimum absolute atomic E-state index is 0. The Morgan fingerprint density at radius 1 is 0.700 bits per heavy atom. The van der Waals surface area contributed by atoms with Crippen LogP contribution in [0, 0.1) is 26.0 Å². The number of aromatic nitrogens is 4. The molecule has 245 valence electrons. The summed E-state index contributed by atoms with van der Waals surface area (Å²) in [6.07, 6.45) is 8.51. The molecule has 0 bridgehead atoms. The molecule has 0 aliphatic heterocycles. The maximum absolute atomic E-state index is 7.28. The minimum Gasteiger partial charge on any atom is -0.557 e. The van der Waals surface area contributed by atoms with Crippen LogP contribution in [0.25, 0.3) is 67.1 Å². The summed E-state index contributed by atoms with van der Waals surface area (Å²) in [5, 5.41) is 0.980. The van der Waals surface area contributed by atoms with Crippen LogP contribution in [0.2, 0.25) is 0 Å². The Bertz CT molecular complexity index is 2650. The van der Waals surface area contributed by atoms with Crippen molar-refractivity contribution in [2.24, 2.45) is 0 Å². The number of hydrogen-bond donors (Lipinski definition) is 0. The zero-order valence-corrected chi connectivity index (χ0v) is 28.9. The Hall–Kier alpha value is -5.81. The molecule has 6 heteroatoms. The van der Waals surface area contributed by atoms with Gasteiger partial charge in [-0.15, -0.1) is 35.4 Å². The van der Waals surface area contributed by atoms with Crippen molar-refractivity contribution in [1.29, 1.82) is 0 Å². The van der Waals surface area contributed by atoms with Crippen molar-refractivity contribution in [3.63, 3.8) is 0 Å². The van der Waals surface area contributed by atoms with E-state index in [0.29, 0.717) is 11.3 Å². The third kappa shape index (κ3) is 6.59. The number of fused-ring (bicyclic) bond motifs is 2. The molecule has 0 atom stereocenters. The van der Waals surface area contributed by atoms with E-state index in [-0.39, 0.29) is 31.2 Å². The van der Waals surface area contributed by atoms with Gasteiger partial charge in [0.15, 0.2) is 0 Å². The van der Waals surface area contributed by atoms with Gasteiger partial charge in [-0.1, -0.05) is 96.7 Å². The van der Waals surface area contributed by atoms with Gasteiger partial charge in [-0.25, -0.2) is 0 Å². The van der Waals surface area contributed by atoms with Gasteiger partial charge in [0.1, 0.15) is 0 Å². The molecule has 0 fully saturated rings. The Labute approximate surface area is 313 Å². The van der Waals surface area contributed by atoms with Crippen molar-refractivity contribution in [2.45, 2.75) is 13.7 Å². The van der Waals surface area contributed by atoms with Crippen LogP contribution >= 0.6 is 0 Å². The summed E-state index contributed by atoms with van der Waals surface area (Å²) in [5.41, 5.74) is 9.63. The standard InChI is InChI=1S/C31H20N3O.C13H12N.Ir/c1-2-8-22(9-3-1)23-12-14-24(15-13-23)34-29-11-5-4-10-28(29)32-31(34)27-21-35-30-17-16-25(20-26(27)30)33-18-6-7-19-33;1-10-3-6-12(7-4-10)13-8-5-11(2)9-14-13;/h1-20H;3-6,8-9H,1-2H3;/q2*-1;/i;1D3,2D3;. The van der Waals surface area contributed by atoms with E-state index in [0.717, 1.165) is 44.8 Å². The number of imidazole rings is 1. The van der Waals surface area contributed by atoms with Crippen molar-refractivity contribution in [3.8, 4) is 45.1 Å². The molecular weight excluding hydrogens is 793 g/mol. The third-order valence-corrected chi connectivity index (χ3v) is 8.27. The molecule has 0 aliphatic carbocycles. The molecule has 5 nitrogen and oxygen atoms in total. The first-order valence-electron chi connectivity index (χ1n) is 18.7. The van der Waals surface area contributed by atoms with Gasteiger partial charge in [-0.2, -0.15) is 0 Å². The van der Waals surface area contributed by atoms with Crippen molar-refractivity contribution < 1.29 is 32.7 Å². The Balaban J connectivity index is 0.000000197. The number of benzene rings is 5. The number of hydrogen-bond acceptors (Lipinski definition) is 3. The van der Waals surface area contributed by atoms with E-state index in [2.05, 4.69) is 93.2 Å². The summed E-state index contributed by atoms with van der Waals surface area (Å²) in [6.45, 7) is -4.34. The van der Waals surface area contributed by atoms with Crippen LogP contribution in [0.1, 0.15) is 19.4 Å². The van der Waals surface area contributed by atoms with E-state index in [1.165, 1.54) is 35.5 Å². The molecule has 0 saturated heterocycles. The molecule has 9 rings (SSSR count). The second kappa shape index (κ2) is 14.4. The number of nitrogens with zero attached hydrogens (tertiary/aromatic N) is 4. The SMILES string of the molecule is [2H]C([2H])([2H])c1c[c-]c(-c2ccc(C([2H])([2H])[2H])cn2)cc1.[Ir].[c-]1oc2ccc(-n3cccc3)cc2c1-c1nc2ccccc2n1-c1ccc(-c2ccccc2)cc1. The van der Waals surface area contributed by atoms with E-state index in [9.17, 15) is 0 Å². The Morgan fingerprint density at radius 3 is 2.18 bits per heavy atom. The fourth-order valence-electron chi connectivity index (χ4n) is 5.82. The average Bonchev–Trinajstić information content (AvgIpc) is 3.97. The largest absolute Gasteiger partial charge is 0.557 e. The predicted octanol–water partition coefficient (Wildman–Crippen LogP) is 10.9. The molecule has 9 aromatic rings. The monoisotopic (exact) mass is 831 g/mol. The molecule has 0 saturated carbocycles. The van der Waals surface area contributed by atoms with Gasteiger partial charge in [0.25, 0.3) is 0 Å². The topological polar surface area (TPSA) is 48.8 Å². The Kier molecular flexibility index (Phi) is 7.49.